The number of rotatable bonds is 13. The number of unbranched alkanes of at least 4 members (excludes halogenated alkanes) is 3. The molecule has 0 spiro atoms. The molecule has 1 aliphatic heterocycles. The summed E-state index contributed by atoms with van der Waals surface area (Å²) in [5.74, 6) is 1.83. The predicted octanol–water partition coefficient (Wildman–Crippen LogP) is 2.15. The van der Waals surface area contributed by atoms with E-state index >= 15 is 0 Å². The second-order valence-corrected chi connectivity index (χ2v) is 9.13. The lowest BCUT2D eigenvalue weighted by Gasteiger charge is -2.22. The maximum absolute atomic E-state index is 12.2. The third-order valence-electron chi connectivity index (χ3n) is 6.32. The largest absolute Gasteiger partial charge is 0.497 e. The average molecular weight is 502 g/mol. The number of nitrogens with one attached hydrogen (secondary N) is 3. The fraction of sp³-hybridized carbons (Fsp3) is 0.600. The minimum absolute atomic E-state index is 0.0107. The Morgan fingerprint density at radius 2 is 1.78 bits per heavy atom. The van der Waals surface area contributed by atoms with E-state index in [0.717, 1.165) is 74.3 Å². The molecule has 0 atom stereocenters. The first-order chi connectivity index (χ1) is 17.5. The molecule has 0 aliphatic carbocycles. The van der Waals surface area contributed by atoms with Crippen LogP contribution >= 0.6 is 0 Å². The second-order valence-electron chi connectivity index (χ2n) is 9.13. The summed E-state index contributed by atoms with van der Waals surface area (Å²) in [5, 5.41) is 15.7. The number of hydroxylamine groups is 1. The van der Waals surface area contributed by atoms with E-state index in [4.69, 9.17) is 19.9 Å². The van der Waals surface area contributed by atoms with Crippen LogP contribution in [0.1, 0.15) is 44.9 Å². The summed E-state index contributed by atoms with van der Waals surface area (Å²) < 4.78 is 5.40. The summed E-state index contributed by atoms with van der Waals surface area (Å²) >= 11 is 0. The molecule has 0 saturated carbocycles. The van der Waals surface area contributed by atoms with Crippen molar-refractivity contribution in [2.45, 2.75) is 44.9 Å². The number of nitrogens with zero attached hydrogens (tertiary/aromatic N) is 4. The first kappa shape index (κ1) is 27.4. The molecule has 3 rings (SSSR count). The minimum atomic E-state index is -0.373. The van der Waals surface area contributed by atoms with E-state index in [2.05, 4.69) is 27.5 Å². The predicted molar refractivity (Wildman–Crippen MR) is 140 cm³/mol. The number of methoxy groups -OCH3 is 1. The van der Waals surface area contributed by atoms with Gasteiger partial charge in [0.1, 0.15) is 11.6 Å². The number of fused-ring (bicyclic) bond motifs is 1. The highest BCUT2D eigenvalue weighted by molar-refractivity contribution is 5.91. The summed E-state index contributed by atoms with van der Waals surface area (Å²) in [4.78, 5) is 37.4. The SMILES string of the molecule is COc1ccc2c(NCCNC(=O)CCCCCCC(=O)NO)nc(N3CCCN(C)CC3)nc2c1. The van der Waals surface area contributed by atoms with Gasteiger partial charge in [-0.2, -0.15) is 4.98 Å². The molecule has 1 aromatic carbocycles. The third kappa shape index (κ3) is 8.49. The maximum atomic E-state index is 12.2. The lowest BCUT2D eigenvalue weighted by Crippen LogP contribution is -2.31. The van der Waals surface area contributed by atoms with Crippen molar-refractivity contribution in [3.8, 4) is 5.75 Å². The molecule has 1 aliphatic rings. The molecule has 11 heteroatoms. The highest BCUT2D eigenvalue weighted by Crippen LogP contribution is 2.27. The topological polar surface area (TPSA) is 132 Å². The molecule has 198 valence electrons. The number of aromatic nitrogens is 2. The number of hydrogen-bond donors (Lipinski definition) is 4. The summed E-state index contributed by atoms with van der Waals surface area (Å²) in [7, 11) is 3.78. The van der Waals surface area contributed by atoms with Crippen LogP contribution in [0.15, 0.2) is 18.2 Å². The molecule has 2 aromatic rings. The molecule has 36 heavy (non-hydrogen) atoms. The van der Waals surface area contributed by atoms with Gasteiger partial charge in [-0.25, -0.2) is 10.5 Å². The van der Waals surface area contributed by atoms with E-state index in [-0.39, 0.29) is 11.8 Å². The zero-order valence-electron chi connectivity index (χ0n) is 21.4. The lowest BCUT2D eigenvalue weighted by molar-refractivity contribution is -0.129. The van der Waals surface area contributed by atoms with Crippen LogP contribution in [0.5, 0.6) is 5.75 Å². The van der Waals surface area contributed by atoms with E-state index in [1.54, 1.807) is 12.6 Å². The van der Waals surface area contributed by atoms with Gasteiger partial charge in [0, 0.05) is 57.0 Å². The van der Waals surface area contributed by atoms with Gasteiger partial charge in [-0.1, -0.05) is 12.8 Å². The van der Waals surface area contributed by atoms with Crippen LogP contribution in [0.4, 0.5) is 11.8 Å². The lowest BCUT2D eigenvalue weighted by atomic mass is 10.1. The minimum Gasteiger partial charge on any atom is -0.497 e. The van der Waals surface area contributed by atoms with Crippen molar-refractivity contribution < 1.29 is 19.5 Å². The fourth-order valence-corrected chi connectivity index (χ4v) is 4.20. The van der Waals surface area contributed by atoms with Crippen molar-refractivity contribution >= 4 is 34.5 Å². The second kappa shape index (κ2) is 14.4. The van der Waals surface area contributed by atoms with Crippen molar-refractivity contribution in [3.63, 3.8) is 0 Å². The Bertz CT molecular complexity index is 1000. The van der Waals surface area contributed by atoms with Crippen molar-refractivity contribution in [1.29, 1.82) is 0 Å². The van der Waals surface area contributed by atoms with Crippen LogP contribution in [0.25, 0.3) is 10.9 Å². The molecule has 0 unspecified atom stereocenters. The zero-order valence-corrected chi connectivity index (χ0v) is 21.4. The van der Waals surface area contributed by atoms with E-state index < -0.39 is 0 Å². The van der Waals surface area contributed by atoms with E-state index in [1.165, 1.54) is 0 Å². The van der Waals surface area contributed by atoms with E-state index in [9.17, 15) is 9.59 Å². The van der Waals surface area contributed by atoms with Crippen LogP contribution in [0.3, 0.4) is 0 Å². The van der Waals surface area contributed by atoms with E-state index in [0.29, 0.717) is 38.3 Å². The van der Waals surface area contributed by atoms with Gasteiger partial charge >= 0.3 is 0 Å². The first-order valence-corrected chi connectivity index (χ1v) is 12.7. The molecule has 2 heterocycles. The highest BCUT2D eigenvalue weighted by Gasteiger charge is 2.17. The third-order valence-corrected chi connectivity index (χ3v) is 6.32. The van der Waals surface area contributed by atoms with Gasteiger partial charge < -0.3 is 25.2 Å². The van der Waals surface area contributed by atoms with Crippen molar-refractivity contribution in [2.75, 3.05) is 63.6 Å². The first-order valence-electron chi connectivity index (χ1n) is 12.7. The zero-order chi connectivity index (χ0) is 25.8. The van der Waals surface area contributed by atoms with Gasteiger partial charge in [-0.3, -0.25) is 14.8 Å². The molecule has 11 nitrogen and oxygen atoms in total. The number of anilines is 2. The molecular formula is C25H39N7O4. The Morgan fingerprint density at radius 3 is 2.53 bits per heavy atom. The molecular weight excluding hydrogens is 462 g/mol. The summed E-state index contributed by atoms with van der Waals surface area (Å²) in [6.45, 7) is 4.83. The fourth-order valence-electron chi connectivity index (χ4n) is 4.20. The van der Waals surface area contributed by atoms with Crippen molar-refractivity contribution in [1.82, 2.24) is 25.7 Å². The van der Waals surface area contributed by atoms with Gasteiger partial charge in [0.25, 0.3) is 0 Å². The van der Waals surface area contributed by atoms with Crippen LogP contribution in [-0.4, -0.2) is 85.3 Å². The quantitative estimate of drug-likeness (QED) is 0.185. The van der Waals surface area contributed by atoms with Crippen LogP contribution < -0.4 is 25.8 Å². The molecule has 1 saturated heterocycles. The number of carbonyl (C=O) groups is 2. The van der Waals surface area contributed by atoms with Gasteiger partial charge in [-0.15, -0.1) is 0 Å². The van der Waals surface area contributed by atoms with Crippen molar-refractivity contribution in [3.05, 3.63) is 18.2 Å². The van der Waals surface area contributed by atoms with Crippen LogP contribution in [-0.2, 0) is 9.59 Å². The maximum Gasteiger partial charge on any atom is 0.243 e. The van der Waals surface area contributed by atoms with Crippen LogP contribution in [0, 0.1) is 0 Å². The van der Waals surface area contributed by atoms with Gasteiger partial charge in [0.15, 0.2) is 0 Å². The van der Waals surface area contributed by atoms with Gasteiger partial charge in [0.05, 0.1) is 12.6 Å². The molecule has 4 N–H and O–H groups in total. The summed E-state index contributed by atoms with van der Waals surface area (Å²) in [6.07, 6.45) is 5.01. The smallest absolute Gasteiger partial charge is 0.243 e. The normalized spacial score (nSPS) is 14.4. The monoisotopic (exact) mass is 501 g/mol. The Kier molecular flexibility index (Phi) is 11.0. The molecule has 0 bridgehead atoms. The Morgan fingerprint density at radius 1 is 1.00 bits per heavy atom. The average Bonchev–Trinajstić information content (AvgIpc) is 3.12. The number of ether oxygens (including phenoxy) is 1. The number of likely N-dealkylation sites (N-methyl/N-ethyl adjacent to an activating group) is 1. The molecule has 1 fully saturated rings. The van der Waals surface area contributed by atoms with Gasteiger partial charge in [0.2, 0.25) is 17.8 Å². The summed E-state index contributed by atoms with van der Waals surface area (Å²) in [5.41, 5.74) is 2.45. The number of carbonyl (C=O) groups excluding carboxylic acids is 2. The Balaban J connectivity index is 1.52. The summed E-state index contributed by atoms with van der Waals surface area (Å²) in [6, 6.07) is 5.78. The van der Waals surface area contributed by atoms with Crippen molar-refractivity contribution in [2.24, 2.45) is 0 Å². The number of hydrogen-bond acceptors (Lipinski definition) is 9. The number of amides is 2. The molecule has 0 radical (unpaired) electrons. The molecule has 1 aromatic heterocycles. The van der Waals surface area contributed by atoms with Gasteiger partial charge in [-0.05, 0) is 45.0 Å². The van der Waals surface area contributed by atoms with Crippen LogP contribution in [0.2, 0.25) is 0 Å². The molecule has 2 amide bonds. The standard InChI is InChI=1S/C25H39N7O4/c1-31-14-7-15-32(17-16-31)25-28-21-18-19(36-2)10-11-20(21)24(29-25)27-13-12-26-22(33)8-5-3-4-6-9-23(34)30-35/h10-11,18,35H,3-9,12-17H2,1-2H3,(H,26,33)(H,30,34)(H,27,28,29). The number of benzene rings is 1. The Hall–Kier alpha value is -3.18. The highest BCUT2D eigenvalue weighted by atomic mass is 16.5. The van der Waals surface area contributed by atoms with E-state index in [1.807, 2.05) is 18.2 Å². The Labute approximate surface area is 212 Å².